The summed E-state index contributed by atoms with van der Waals surface area (Å²) in [6.45, 7) is 0. The van der Waals surface area contributed by atoms with Gasteiger partial charge in [-0.25, -0.2) is 9.18 Å². The number of hydrogen-bond acceptors (Lipinski definition) is 5. The van der Waals surface area contributed by atoms with E-state index < -0.39 is 44.6 Å². The minimum absolute atomic E-state index is 0.166. The summed E-state index contributed by atoms with van der Waals surface area (Å²) in [5, 5.41) is 9.87. The largest absolute Gasteiger partial charge is 0.456 e. The van der Waals surface area contributed by atoms with Crippen LogP contribution in [0, 0.1) is 15.9 Å². The quantitative estimate of drug-likeness (QED) is 0.242. The molecule has 0 radical (unpaired) electrons. The molecule has 0 saturated heterocycles. The summed E-state index contributed by atoms with van der Waals surface area (Å²) in [4.78, 5) is 23.4. The van der Waals surface area contributed by atoms with Crippen molar-refractivity contribution < 1.29 is 32.0 Å². The fraction of sp³-hybridized carbons (Fsp3) is 0.0714. The first-order valence-corrected chi connectivity index (χ1v) is 6.62. The Kier molecular flexibility index (Phi) is 5.05. The summed E-state index contributed by atoms with van der Waals surface area (Å²) in [5.74, 6) is -2.34. The molecule has 2 aromatic carbocycles. The Morgan fingerprint density at radius 2 is 1.92 bits per heavy atom. The molecule has 0 aromatic heterocycles. The molecule has 0 amide bonds. The summed E-state index contributed by atoms with van der Waals surface area (Å²) < 4.78 is 56.6. The molecule has 0 aliphatic rings. The lowest BCUT2D eigenvalue weighted by Crippen LogP contribution is -2.08. The first-order chi connectivity index (χ1) is 11.6. The molecular formula is C14H5ClF4N2O4. The van der Waals surface area contributed by atoms with Gasteiger partial charge >= 0.3 is 6.18 Å². The standard InChI is InChI=1S/C14H5ClF4N2O4/c15-12-11(4-2-8(13(12)16)14(17,18)19)25-7-1-3-10(21(23)24)9(5-7)20-6-22/h1-5H. The molecule has 0 atom stereocenters. The van der Waals surface area contributed by atoms with Crippen LogP contribution in [0.4, 0.5) is 28.9 Å². The number of nitrogens with zero attached hydrogens (tertiary/aromatic N) is 2. The van der Waals surface area contributed by atoms with E-state index in [0.717, 1.165) is 30.3 Å². The first-order valence-electron chi connectivity index (χ1n) is 6.24. The van der Waals surface area contributed by atoms with Gasteiger partial charge in [0.25, 0.3) is 5.69 Å². The Labute approximate surface area is 141 Å². The van der Waals surface area contributed by atoms with E-state index in [2.05, 4.69) is 4.99 Å². The van der Waals surface area contributed by atoms with Gasteiger partial charge in [0.1, 0.15) is 16.5 Å². The van der Waals surface area contributed by atoms with Gasteiger partial charge in [0.05, 0.1) is 10.5 Å². The number of hydrogen-bond donors (Lipinski definition) is 0. The second kappa shape index (κ2) is 6.88. The fourth-order valence-corrected chi connectivity index (χ4v) is 2.02. The molecule has 0 fully saturated rings. The molecule has 2 aromatic rings. The second-order valence-electron chi connectivity index (χ2n) is 4.45. The maximum atomic E-state index is 13.7. The summed E-state index contributed by atoms with van der Waals surface area (Å²) in [5.41, 5.74) is -2.50. The number of benzene rings is 2. The SMILES string of the molecule is O=C=Nc1cc(Oc2ccc(C(F)(F)F)c(F)c2Cl)ccc1[N+](=O)[O-]. The number of nitro benzene ring substituents is 1. The molecule has 6 nitrogen and oxygen atoms in total. The van der Waals surface area contributed by atoms with E-state index in [1.807, 2.05) is 0 Å². The van der Waals surface area contributed by atoms with Crippen LogP contribution in [0.15, 0.2) is 35.3 Å². The Balaban J connectivity index is 2.44. The lowest BCUT2D eigenvalue weighted by Gasteiger charge is -2.12. The summed E-state index contributed by atoms with van der Waals surface area (Å²) >= 11 is 5.54. The third-order valence-corrected chi connectivity index (χ3v) is 3.24. The minimum Gasteiger partial charge on any atom is -0.456 e. The summed E-state index contributed by atoms with van der Waals surface area (Å²) in [6, 6.07) is 4.20. The van der Waals surface area contributed by atoms with Crippen LogP contribution in [0.25, 0.3) is 0 Å². The zero-order valence-corrected chi connectivity index (χ0v) is 12.6. The van der Waals surface area contributed by atoms with E-state index in [1.165, 1.54) is 0 Å². The van der Waals surface area contributed by atoms with Gasteiger partial charge in [-0.05, 0) is 18.2 Å². The van der Waals surface area contributed by atoms with Crippen LogP contribution < -0.4 is 4.74 Å². The van der Waals surface area contributed by atoms with E-state index >= 15 is 0 Å². The lowest BCUT2D eigenvalue weighted by atomic mass is 10.2. The molecule has 0 spiro atoms. The third-order valence-electron chi connectivity index (χ3n) is 2.89. The molecule has 0 bridgehead atoms. The van der Waals surface area contributed by atoms with Gasteiger partial charge in [0, 0.05) is 12.1 Å². The van der Waals surface area contributed by atoms with E-state index in [4.69, 9.17) is 16.3 Å². The molecule has 0 aliphatic carbocycles. The van der Waals surface area contributed by atoms with E-state index in [0.29, 0.717) is 6.07 Å². The van der Waals surface area contributed by atoms with Gasteiger partial charge in [-0.3, -0.25) is 10.1 Å². The van der Waals surface area contributed by atoms with Crippen molar-refractivity contribution >= 4 is 29.1 Å². The van der Waals surface area contributed by atoms with Crippen molar-refractivity contribution in [2.24, 2.45) is 4.99 Å². The zero-order chi connectivity index (χ0) is 18.8. The zero-order valence-electron chi connectivity index (χ0n) is 11.8. The number of halogens is 5. The van der Waals surface area contributed by atoms with E-state index in [-0.39, 0.29) is 5.75 Å². The van der Waals surface area contributed by atoms with Crippen LogP contribution in [0.3, 0.4) is 0 Å². The normalized spacial score (nSPS) is 10.9. The minimum atomic E-state index is -4.94. The van der Waals surface area contributed by atoms with Crippen LogP contribution in [0.1, 0.15) is 5.56 Å². The van der Waals surface area contributed by atoms with Crippen LogP contribution in [0.5, 0.6) is 11.5 Å². The van der Waals surface area contributed by atoms with Gasteiger partial charge in [0.15, 0.2) is 11.5 Å². The Bertz CT molecular complexity index is 895. The lowest BCUT2D eigenvalue weighted by molar-refractivity contribution is -0.384. The number of aliphatic imine (C=N–C) groups is 1. The molecule has 25 heavy (non-hydrogen) atoms. The Morgan fingerprint density at radius 1 is 1.24 bits per heavy atom. The molecular weight excluding hydrogens is 372 g/mol. The number of ether oxygens (including phenoxy) is 1. The molecule has 0 aliphatic heterocycles. The molecule has 2 rings (SSSR count). The average molecular weight is 377 g/mol. The van der Waals surface area contributed by atoms with Gasteiger partial charge in [-0.1, -0.05) is 11.6 Å². The molecule has 11 heteroatoms. The second-order valence-corrected chi connectivity index (χ2v) is 4.83. The highest BCUT2D eigenvalue weighted by Gasteiger charge is 2.35. The van der Waals surface area contributed by atoms with Crippen molar-refractivity contribution in [1.82, 2.24) is 0 Å². The van der Waals surface area contributed by atoms with Gasteiger partial charge < -0.3 is 4.74 Å². The van der Waals surface area contributed by atoms with Gasteiger partial charge in [-0.15, -0.1) is 0 Å². The van der Waals surface area contributed by atoms with Crippen LogP contribution in [0.2, 0.25) is 5.02 Å². The van der Waals surface area contributed by atoms with Crippen molar-refractivity contribution in [3.63, 3.8) is 0 Å². The highest BCUT2D eigenvalue weighted by molar-refractivity contribution is 6.32. The highest BCUT2D eigenvalue weighted by atomic mass is 35.5. The monoisotopic (exact) mass is 376 g/mol. The van der Waals surface area contributed by atoms with E-state index in [1.54, 1.807) is 0 Å². The number of alkyl halides is 3. The third kappa shape index (κ3) is 3.93. The van der Waals surface area contributed by atoms with E-state index in [9.17, 15) is 32.5 Å². The van der Waals surface area contributed by atoms with Gasteiger partial charge in [0.2, 0.25) is 6.08 Å². The maximum Gasteiger partial charge on any atom is 0.419 e. The van der Waals surface area contributed by atoms with Gasteiger partial charge in [-0.2, -0.15) is 18.2 Å². The number of isocyanates is 1. The molecule has 0 saturated carbocycles. The summed E-state index contributed by atoms with van der Waals surface area (Å²) in [7, 11) is 0. The Morgan fingerprint density at radius 3 is 2.48 bits per heavy atom. The van der Waals surface area contributed by atoms with Crippen LogP contribution >= 0.6 is 11.6 Å². The van der Waals surface area contributed by atoms with Crippen LogP contribution in [-0.4, -0.2) is 11.0 Å². The molecule has 0 N–H and O–H groups in total. The smallest absolute Gasteiger partial charge is 0.419 e. The molecule has 130 valence electrons. The fourth-order valence-electron chi connectivity index (χ4n) is 1.82. The predicted molar refractivity (Wildman–Crippen MR) is 77.4 cm³/mol. The maximum absolute atomic E-state index is 13.7. The summed E-state index contributed by atoms with van der Waals surface area (Å²) in [6.07, 6.45) is -3.82. The van der Waals surface area contributed by atoms with Crippen molar-refractivity contribution in [1.29, 1.82) is 0 Å². The van der Waals surface area contributed by atoms with Crippen LogP contribution in [-0.2, 0) is 11.0 Å². The molecule has 0 heterocycles. The average Bonchev–Trinajstić information content (AvgIpc) is 2.51. The number of carbonyl (C=O) groups excluding carboxylic acids is 1. The van der Waals surface area contributed by atoms with Crippen molar-refractivity contribution in [3.8, 4) is 11.5 Å². The first kappa shape index (κ1) is 18.4. The topological polar surface area (TPSA) is 81.8 Å². The Hall–Kier alpha value is -2.97. The molecule has 0 unspecified atom stereocenters. The predicted octanol–water partition coefficient (Wildman–Crippen LogP) is 5.17. The highest BCUT2D eigenvalue weighted by Crippen LogP contribution is 2.40. The van der Waals surface area contributed by atoms with Crippen molar-refractivity contribution in [3.05, 3.63) is 56.8 Å². The van der Waals surface area contributed by atoms with Crippen molar-refractivity contribution in [2.75, 3.05) is 0 Å². The number of nitro groups is 1. The number of rotatable bonds is 4. The van der Waals surface area contributed by atoms with Crippen molar-refractivity contribution in [2.45, 2.75) is 6.18 Å².